The number of aryl methyl sites for hydroxylation is 2. The monoisotopic (exact) mass is 282 g/mol. The van der Waals surface area contributed by atoms with E-state index in [-0.39, 0.29) is 23.4 Å². The van der Waals surface area contributed by atoms with Crippen molar-refractivity contribution in [3.63, 3.8) is 0 Å². The summed E-state index contributed by atoms with van der Waals surface area (Å²) < 4.78 is 0. The van der Waals surface area contributed by atoms with Gasteiger partial charge in [-0.25, -0.2) is 0 Å². The molecular weight excluding hydrogens is 256 g/mol. The molecule has 1 aromatic heterocycles. The SMILES string of the molecule is Cc1cc(C(C)NC(=O)CC(N)C(C)(C)C)c(C)s1. The average molecular weight is 282 g/mol. The molecule has 0 radical (unpaired) electrons. The van der Waals surface area contributed by atoms with E-state index >= 15 is 0 Å². The van der Waals surface area contributed by atoms with Crippen LogP contribution in [0.2, 0.25) is 0 Å². The van der Waals surface area contributed by atoms with Crippen LogP contribution in [0.4, 0.5) is 0 Å². The molecule has 0 saturated carbocycles. The van der Waals surface area contributed by atoms with Crippen LogP contribution in [-0.4, -0.2) is 11.9 Å². The summed E-state index contributed by atoms with van der Waals surface area (Å²) in [6.07, 6.45) is 0.371. The van der Waals surface area contributed by atoms with Gasteiger partial charge in [-0.15, -0.1) is 11.3 Å². The molecule has 0 spiro atoms. The fourth-order valence-corrected chi connectivity index (χ4v) is 2.99. The van der Waals surface area contributed by atoms with Crippen molar-refractivity contribution in [3.05, 3.63) is 21.4 Å². The lowest BCUT2D eigenvalue weighted by atomic mass is 9.85. The summed E-state index contributed by atoms with van der Waals surface area (Å²) >= 11 is 1.77. The zero-order chi connectivity index (χ0) is 14.8. The fourth-order valence-electron chi connectivity index (χ4n) is 1.96. The Morgan fingerprint density at radius 2 is 2.00 bits per heavy atom. The molecule has 108 valence electrons. The Balaban J connectivity index is 2.60. The molecule has 1 heterocycles. The lowest BCUT2D eigenvalue weighted by Crippen LogP contribution is -2.40. The van der Waals surface area contributed by atoms with Crippen molar-refractivity contribution < 1.29 is 4.79 Å². The van der Waals surface area contributed by atoms with E-state index < -0.39 is 0 Å². The highest BCUT2D eigenvalue weighted by atomic mass is 32.1. The molecule has 0 aliphatic carbocycles. The van der Waals surface area contributed by atoms with Crippen LogP contribution in [0.25, 0.3) is 0 Å². The Morgan fingerprint density at radius 1 is 1.42 bits per heavy atom. The summed E-state index contributed by atoms with van der Waals surface area (Å²) in [6.45, 7) is 12.4. The predicted molar refractivity (Wildman–Crippen MR) is 82.4 cm³/mol. The van der Waals surface area contributed by atoms with Gasteiger partial charge in [-0.3, -0.25) is 4.79 Å². The van der Waals surface area contributed by atoms with E-state index in [0.717, 1.165) is 0 Å². The van der Waals surface area contributed by atoms with Crippen molar-refractivity contribution in [1.82, 2.24) is 5.32 Å². The van der Waals surface area contributed by atoms with Gasteiger partial charge in [-0.05, 0) is 37.8 Å². The van der Waals surface area contributed by atoms with Gasteiger partial charge in [-0.1, -0.05) is 20.8 Å². The Labute approximate surface area is 120 Å². The van der Waals surface area contributed by atoms with Crippen LogP contribution in [0.15, 0.2) is 6.07 Å². The van der Waals surface area contributed by atoms with Crippen molar-refractivity contribution in [2.45, 2.75) is 60.0 Å². The summed E-state index contributed by atoms with van der Waals surface area (Å²) in [4.78, 5) is 14.6. The second kappa shape index (κ2) is 6.06. The second-order valence-corrected chi connectivity index (χ2v) is 7.79. The molecule has 0 saturated heterocycles. The standard InChI is InChI=1S/C15H26N2OS/c1-9-7-12(11(3)19-9)10(2)17-14(18)8-13(16)15(4,5)6/h7,10,13H,8,16H2,1-6H3,(H,17,18). The highest BCUT2D eigenvalue weighted by Crippen LogP contribution is 2.26. The van der Waals surface area contributed by atoms with Crippen molar-refractivity contribution >= 4 is 17.2 Å². The summed E-state index contributed by atoms with van der Waals surface area (Å²) in [6, 6.07) is 2.07. The third-order valence-corrected chi connectivity index (χ3v) is 4.42. The van der Waals surface area contributed by atoms with Crippen LogP contribution in [0.3, 0.4) is 0 Å². The molecule has 0 aliphatic rings. The van der Waals surface area contributed by atoms with Crippen LogP contribution in [-0.2, 0) is 4.79 Å². The molecule has 3 nitrogen and oxygen atoms in total. The molecule has 2 atom stereocenters. The van der Waals surface area contributed by atoms with Crippen molar-refractivity contribution in [1.29, 1.82) is 0 Å². The lowest BCUT2D eigenvalue weighted by Gasteiger charge is -2.27. The first-order valence-corrected chi connectivity index (χ1v) is 7.54. The molecule has 0 bridgehead atoms. The van der Waals surface area contributed by atoms with Gasteiger partial charge in [0.05, 0.1) is 6.04 Å². The number of thiophene rings is 1. The minimum Gasteiger partial charge on any atom is -0.349 e. The van der Waals surface area contributed by atoms with Crippen molar-refractivity contribution in [2.75, 3.05) is 0 Å². The van der Waals surface area contributed by atoms with Crippen LogP contribution >= 0.6 is 11.3 Å². The predicted octanol–water partition coefficient (Wildman–Crippen LogP) is 3.31. The number of carbonyl (C=O) groups is 1. The minimum atomic E-state index is -0.120. The summed E-state index contributed by atoms with van der Waals surface area (Å²) in [5.74, 6) is 0.0261. The quantitative estimate of drug-likeness (QED) is 0.890. The molecule has 1 amide bonds. The Hall–Kier alpha value is -0.870. The lowest BCUT2D eigenvalue weighted by molar-refractivity contribution is -0.122. The molecule has 0 aliphatic heterocycles. The third-order valence-electron chi connectivity index (χ3n) is 3.44. The molecule has 0 aromatic carbocycles. The Bertz CT molecular complexity index is 445. The number of nitrogens with two attached hydrogens (primary N) is 1. The highest BCUT2D eigenvalue weighted by molar-refractivity contribution is 7.12. The average Bonchev–Trinajstić information content (AvgIpc) is 2.56. The first kappa shape index (κ1) is 16.2. The van der Waals surface area contributed by atoms with Gasteiger partial charge in [0, 0.05) is 22.2 Å². The van der Waals surface area contributed by atoms with Gasteiger partial charge >= 0.3 is 0 Å². The van der Waals surface area contributed by atoms with Crippen LogP contribution in [0.1, 0.15) is 55.5 Å². The van der Waals surface area contributed by atoms with Gasteiger partial charge < -0.3 is 11.1 Å². The van der Waals surface area contributed by atoms with E-state index in [1.165, 1.54) is 15.3 Å². The highest BCUT2D eigenvalue weighted by Gasteiger charge is 2.24. The maximum Gasteiger partial charge on any atom is 0.222 e. The number of hydrogen-bond acceptors (Lipinski definition) is 3. The van der Waals surface area contributed by atoms with Gasteiger partial charge in [0.15, 0.2) is 0 Å². The van der Waals surface area contributed by atoms with Crippen LogP contribution in [0.5, 0.6) is 0 Å². The van der Waals surface area contributed by atoms with Gasteiger partial charge in [-0.2, -0.15) is 0 Å². The largest absolute Gasteiger partial charge is 0.349 e. The smallest absolute Gasteiger partial charge is 0.222 e. The van der Waals surface area contributed by atoms with E-state index in [9.17, 15) is 4.79 Å². The van der Waals surface area contributed by atoms with E-state index in [1.54, 1.807) is 11.3 Å². The Kier molecular flexibility index (Phi) is 5.16. The van der Waals surface area contributed by atoms with E-state index in [4.69, 9.17) is 5.73 Å². The molecule has 1 rings (SSSR count). The van der Waals surface area contributed by atoms with E-state index in [2.05, 4.69) is 46.0 Å². The van der Waals surface area contributed by atoms with Gasteiger partial charge in [0.25, 0.3) is 0 Å². The summed E-state index contributed by atoms with van der Waals surface area (Å²) in [5, 5.41) is 3.04. The van der Waals surface area contributed by atoms with Crippen molar-refractivity contribution in [3.8, 4) is 0 Å². The van der Waals surface area contributed by atoms with E-state index in [1.807, 2.05) is 6.92 Å². The minimum absolute atomic E-state index is 0.0261. The second-order valence-electron chi connectivity index (χ2n) is 6.33. The fraction of sp³-hybridized carbons (Fsp3) is 0.667. The van der Waals surface area contributed by atoms with Crippen LogP contribution in [0, 0.1) is 19.3 Å². The molecule has 4 heteroatoms. The maximum atomic E-state index is 12.0. The van der Waals surface area contributed by atoms with E-state index in [0.29, 0.717) is 6.42 Å². The summed E-state index contributed by atoms with van der Waals surface area (Å²) in [7, 11) is 0. The van der Waals surface area contributed by atoms with Crippen molar-refractivity contribution in [2.24, 2.45) is 11.1 Å². The molecular formula is C15H26N2OS. The first-order valence-electron chi connectivity index (χ1n) is 6.73. The number of nitrogens with one attached hydrogen (secondary N) is 1. The first-order chi connectivity index (χ1) is 8.61. The number of rotatable bonds is 4. The molecule has 19 heavy (non-hydrogen) atoms. The number of amides is 1. The number of hydrogen-bond donors (Lipinski definition) is 2. The summed E-state index contributed by atoms with van der Waals surface area (Å²) in [5.41, 5.74) is 7.20. The third kappa shape index (κ3) is 4.62. The van der Waals surface area contributed by atoms with Gasteiger partial charge in [0.2, 0.25) is 5.91 Å². The maximum absolute atomic E-state index is 12.0. The molecule has 2 unspecified atom stereocenters. The normalized spacial score (nSPS) is 15.1. The molecule has 3 N–H and O–H groups in total. The number of carbonyl (C=O) groups excluding carboxylic acids is 1. The van der Waals surface area contributed by atoms with Crippen LogP contribution < -0.4 is 11.1 Å². The Morgan fingerprint density at radius 3 is 2.42 bits per heavy atom. The van der Waals surface area contributed by atoms with Gasteiger partial charge in [0.1, 0.15) is 0 Å². The zero-order valence-corrected chi connectivity index (χ0v) is 13.6. The molecule has 0 fully saturated rings. The topological polar surface area (TPSA) is 55.1 Å². The molecule has 1 aromatic rings. The zero-order valence-electron chi connectivity index (χ0n) is 12.8.